The van der Waals surface area contributed by atoms with Crippen LogP contribution in [0.5, 0.6) is 11.6 Å². The molecule has 2 saturated heterocycles. The molecule has 1 spiro atoms. The van der Waals surface area contributed by atoms with E-state index in [0.29, 0.717) is 38.6 Å². The molecule has 4 rings (SSSR count). The van der Waals surface area contributed by atoms with Crippen LogP contribution in [0.25, 0.3) is 0 Å². The molecule has 0 amide bonds. The molecule has 2 aliphatic rings. The fourth-order valence-corrected chi connectivity index (χ4v) is 3.55. The van der Waals surface area contributed by atoms with E-state index in [4.69, 9.17) is 9.47 Å². The van der Waals surface area contributed by atoms with Crippen LogP contribution in [-0.2, 0) is 10.9 Å². The lowest BCUT2D eigenvalue weighted by atomic mass is 9.90. The van der Waals surface area contributed by atoms with Crippen molar-refractivity contribution < 1.29 is 27.0 Å². The van der Waals surface area contributed by atoms with Crippen LogP contribution in [0.3, 0.4) is 0 Å². The Labute approximate surface area is 177 Å². The second kappa shape index (κ2) is 8.91. The van der Waals surface area contributed by atoms with Crippen LogP contribution in [0.15, 0.2) is 30.3 Å². The van der Waals surface area contributed by atoms with E-state index in [1.807, 2.05) is 0 Å². The Kier molecular flexibility index (Phi) is 6.68. The molecule has 0 unspecified atom stereocenters. The van der Waals surface area contributed by atoms with Crippen LogP contribution in [0.2, 0.25) is 0 Å². The van der Waals surface area contributed by atoms with Gasteiger partial charge in [-0.05, 0) is 25.0 Å². The Balaban J connectivity index is 0.00000256. The van der Waals surface area contributed by atoms with Gasteiger partial charge in [-0.25, -0.2) is 9.37 Å². The van der Waals surface area contributed by atoms with Gasteiger partial charge in [0.2, 0.25) is 11.8 Å². The lowest BCUT2D eigenvalue weighted by Crippen LogP contribution is -2.55. The van der Waals surface area contributed by atoms with E-state index < -0.39 is 17.7 Å². The van der Waals surface area contributed by atoms with E-state index in [9.17, 15) is 17.6 Å². The first-order valence-corrected chi connectivity index (χ1v) is 9.32. The second-order valence-corrected chi connectivity index (χ2v) is 7.14. The van der Waals surface area contributed by atoms with Crippen LogP contribution in [-0.4, -0.2) is 48.4 Å². The fraction of sp³-hybridized carbons (Fsp3) is 0.474. The minimum absolute atomic E-state index is 0. The minimum Gasteiger partial charge on any atom is -0.439 e. The number of alkyl halides is 3. The zero-order valence-electron chi connectivity index (χ0n) is 15.9. The third kappa shape index (κ3) is 5.11. The number of benzene rings is 1. The maximum absolute atomic E-state index is 13.4. The first-order valence-electron chi connectivity index (χ1n) is 9.32. The van der Waals surface area contributed by atoms with E-state index in [2.05, 4.69) is 15.3 Å². The number of anilines is 1. The molecular formula is C19H21ClF4N4O2. The number of hydrogen-bond donors (Lipinski definition) is 1. The van der Waals surface area contributed by atoms with Gasteiger partial charge in [0.05, 0.1) is 12.2 Å². The molecule has 0 saturated carbocycles. The lowest BCUT2D eigenvalue weighted by Gasteiger charge is -2.44. The number of aromatic nitrogens is 2. The first-order chi connectivity index (χ1) is 13.8. The van der Waals surface area contributed by atoms with Crippen LogP contribution in [0.1, 0.15) is 18.5 Å². The Bertz CT molecular complexity index is 868. The molecule has 6 nitrogen and oxygen atoms in total. The first kappa shape index (κ1) is 22.5. The fourth-order valence-electron chi connectivity index (χ4n) is 3.55. The molecule has 0 bridgehead atoms. The molecular weight excluding hydrogens is 428 g/mol. The van der Waals surface area contributed by atoms with Crippen LogP contribution < -0.4 is 15.0 Å². The predicted molar refractivity (Wildman–Crippen MR) is 104 cm³/mol. The van der Waals surface area contributed by atoms with Gasteiger partial charge in [-0.1, -0.05) is 6.07 Å². The molecule has 1 N–H and O–H groups in total. The van der Waals surface area contributed by atoms with Gasteiger partial charge < -0.3 is 19.7 Å². The highest BCUT2D eigenvalue weighted by Crippen LogP contribution is 2.34. The Morgan fingerprint density at radius 1 is 1.13 bits per heavy atom. The summed E-state index contributed by atoms with van der Waals surface area (Å²) in [6, 6.07) is 5.85. The van der Waals surface area contributed by atoms with Crippen LogP contribution in [0, 0.1) is 5.82 Å². The van der Waals surface area contributed by atoms with E-state index in [0.717, 1.165) is 19.2 Å². The highest BCUT2D eigenvalue weighted by molar-refractivity contribution is 5.85. The van der Waals surface area contributed by atoms with Gasteiger partial charge in [0.1, 0.15) is 11.6 Å². The van der Waals surface area contributed by atoms with E-state index in [1.165, 1.54) is 18.2 Å². The molecule has 11 heteroatoms. The summed E-state index contributed by atoms with van der Waals surface area (Å²) in [5.74, 6) is -0.856. The van der Waals surface area contributed by atoms with Crippen molar-refractivity contribution in [1.29, 1.82) is 0 Å². The van der Waals surface area contributed by atoms with E-state index in [1.54, 1.807) is 4.90 Å². The van der Waals surface area contributed by atoms with Gasteiger partial charge in [0, 0.05) is 38.3 Å². The molecule has 164 valence electrons. The van der Waals surface area contributed by atoms with Gasteiger partial charge >= 0.3 is 6.18 Å². The summed E-state index contributed by atoms with van der Waals surface area (Å²) < 4.78 is 64.7. The second-order valence-electron chi connectivity index (χ2n) is 7.14. The van der Waals surface area contributed by atoms with Crippen molar-refractivity contribution in [3.05, 3.63) is 41.8 Å². The van der Waals surface area contributed by atoms with E-state index in [-0.39, 0.29) is 35.6 Å². The molecule has 0 aliphatic carbocycles. The largest absolute Gasteiger partial charge is 0.439 e. The average molecular weight is 449 g/mol. The summed E-state index contributed by atoms with van der Waals surface area (Å²) in [6.45, 7) is 3.05. The highest BCUT2D eigenvalue weighted by Gasteiger charge is 2.39. The number of halogens is 5. The smallest absolute Gasteiger partial charge is 0.433 e. The highest BCUT2D eigenvalue weighted by atomic mass is 35.5. The topological polar surface area (TPSA) is 59.5 Å². The summed E-state index contributed by atoms with van der Waals surface area (Å²) in [5.41, 5.74) is -1.40. The molecule has 1 aromatic carbocycles. The quantitative estimate of drug-likeness (QED) is 0.721. The predicted octanol–water partition coefficient (Wildman–Crippen LogP) is 3.81. The van der Waals surface area contributed by atoms with Crippen molar-refractivity contribution in [2.45, 2.75) is 24.6 Å². The zero-order valence-corrected chi connectivity index (χ0v) is 16.7. The third-order valence-electron chi connectivity index (χ3n) is 5.09. The summed E-state index contributed by atoms with van der Waals surface area (Å²) in [4.78, 5) is 9.53. The molecule has 2 fully saturated rings. The lowest BCUT2D eigenvalue weighted by molar-refractivity contribution is -0.141. The minimum atomic E-state index is -4.66. The van der Waals surface area contributed by atoms with Gasteiger partial charge in [-0.15, -0.1) is 12.4 Å². The van der Waals surface area contributed by atoms with Crippen molar-refractivity contribution in [1.82, 2.24) is 15.3 Å². The zero-order chi connectivity index (χ0) is 20.5. The van der Waals surface area contributed by atoms with Crippen molar-refractivity contribution in [2.24, 2.45) is 0 Å². The van der Waals surface area contributed by atoms with Gasteiger partial charge in [0.15, 0.2) is 5.69 Å². The number of nitrogens with zero attached hydrogens (tertiary/aromatic N) is 3. The van der Waals surface area contributed by atoms with Gasteiger partial charge in [-0.3, -0.25) is 0 Å². The Morgan fingerprint density at radius 3 is 2.53 bits per heavy atom. The maximum atomic E-state index is 13.4. The van der Waals surface area contributed by atoms with Crippen LogP contribution >= 0.6 is 12.4 Å². The number of ether oxygens (including phenoxy) is 2. The van der Waals surface area contributed by atoms with Gasteiger partial charge in [0.25, 0.3) is 0 Å². The van der Waals surface area contributed by atoms with E-state index >= 15 is 0 Å². The van der Waals surface area contributed by atoms with Crippen molar-refractivity contribution in [3.63, 3.8) is 0 Å². The number of morpholine rings is 1. The molecule has 2 aromatic rings. The number of hydrogen-bond acceptors (Lipinski definition) is 6. The average Bonchev–Trinajstić information content (AvgIpc) is 2.68. The number of rotatable bonds is 3. The third-order valence-corrected chi connectivity index (χ3v) is 5.09. The summed E-state index contributed by atoms with van der Waals surface area (Å²) in [5, 5.41) is 3.30. The van der Waals surface area contributed by atoms with Crippen molar-refractivity contribution >= 4 is 18.4 Å². The Morgan fingerprint density at radius 2 is 1.90 bits per heavy atom. The Hall–Kier alpha value is -2.17. The summed E-state index contributed by atoms with van der Waals surface area (Å²) >= 11 is 0. The standard InChI is InChI=1S/C19H20F4N4O2.ClH/c20-13-2-1-3-14(10-13)29-16-11-15(19(21,22)23)25-17(26-16)27-7-4-18(5-8-27)12-24-6-9-28-18;/h1-3,10-11,24H,4-9,12H2;1H. The van der Waals surface area contributed by atoms with Gasteiger partial charge in [-0.2, -0.15) is 18.2 Å². The molecule has 1 aromatic heterocycles. The normalized spacial score (nSPS) is 18.7. The molecule has 0 atom stereocenters. The summed E-state index contributed by atoms with van der Waals surface area (Å²) in [6.07, 6.45) is -3.36. The number of nitrogens with one attached hydrogen (secondary N) is 1. The molecule has 3 heterocycles. The van der Waals surface area contributed by atoms with Crippen LogP contribution in [0.4, 0.5) is 23.5 Å². The monoisotopic (exact) mass is 448 g/mol. The molecule has 0 radical (unpaired) electrons. The summed E-state index contributed by atoms with van der Waals surface area (Å²) in [7, 11) is 0. The SMILES string of the molecule is Cl.Fc1cccc(Oc2cc(C(F)(F)F)nc(N3CCC4(CC3)CNCCO4)n2)c1. The maximum Gasteiger partial charge on any atom is 0.433 e. The van der Waals surface area contributed by atoms with Crippen molar-refractivity contribution in [3.8, 4) is 11.6 Å². The van der Waals surface area contributed by atoms with Crippen molar-refractivity contribution in [2.75, 3.05) is 37.7 Å². The molecule has 30 heavy (non-hydrogen) atoms. The molecule has 2 aliphatic heterocycles. The number of piperidine rings is 1.